The summed E-state index contributed by atoms with van der Waals surface area (Å²) >= 11 is 8.21. The van der Waals surface area contributed by atoms with E-state index in [-0.39, 0.29) is 0 Å². The zero-order valence-corrected chi connectivity index (χ0v) is 13.6. The van der Waals surface area contributed by atoms with E-state index < -0.39 is 0 Å². The van der Waals surface area contributed by atoms with E-state index in [9.17, 15) is 0 Å². The Morgan fingerprint density at radius 2 is 2.10 bits per heavy atom. The van der Waals surface area contributed by atoms with Crippen molar-refractivity contribution in [3.05, 3.63) is 51.2 Å². The number of anilines is 1. The van der Waals surface area contributed by atoms with Crippen LogP contribution in [0.25, 0.3) is 0 Å². The van der Waals surface area contributed by atoms with Gasteiger partial charge in [0.15, 0.2) is 0 Å². The van der Waals surface area contributed by atoms with Crippen LogP contribution in [0, 0.1) is 0 Å². The van der Waals surface area contributed by atoms with Gasteiger partial charge in [-0.15, -0.1) is 11.3 Å². The summed E-state index contributed by atoms with van der Waals surface area (Å²) in [6.45, 7) is 4.91. The normalized spacial score (nSPS) is 10.8. The van der Waals surface area contributed by atoms with Gasteiger partial charge < -0.3 is 10.2 Å². The summed E-state index contributed by atoms with van der Waals surface area (Å²) in [6, 6.07) is 10.4. The molecule has 0 unspecified atom stereocenters. The SMILES string of the molecule is CCNCc1cccc(Cl)c1N(C)CCc1cccs1. The maximum atomic E-state index is 6.40. The lowest BCUT2D eigenvalue weighted by molar-refractivity contribution is 0.723. The largest absolute Gasteiger partial charge is 0.373 e. The molecule has 0 spiro atoms. The Bertz CT molecular complexity index is 525. The zero-order valence-electron chi connectivity index (χ0n) is 12.0. The monoisotopic (exact) mass is 308 g/mol. The quantitative estimate of drug-likeness (QED) is 0.825. The second-order valence-electron chi connectivity index (χ2n) is 4.78. The van der Waals surface area contributed by atoms with Gasteiger partial charge in [0.25, 0.3) is 0 Å². The van der Waals surface area contributed by atoms with Crippen LogP contribution < -0.4 is 10.2 Å². The van der Waals surface area contributed by atoms with Crippen LogP contribution in [-0.4, -0.2) is 20.1 Å². The summed E-state index contributed by atoms with van der Waals surface area (Å²) in [7, 11) is 2.12. The first-order chi connectivity index (χ1) is 9.72. The molecule has 0 aliphatic heterocycles. The van der Waals surface area contributed by atoms with E-state index >= 15 is 0 Å². The van der Waals surface area contributed by atoms with Gasteiger partial charge in [0.05, 0.1) is 10.7 Å². The molecule has 0 saturated heterocycles. The van der Waals surface area contributed by atoms with Gasteiger partial charge in [-0.3, -0.25) is 0 Å². The van der Waals surface area contributed by atoms with E-state index in [1.807, 2.05) is 23.5 Å². The third-order valence-corrected chi connectivity index (χ3v) is 4.53. The van der Waals surface area contributed by atoms with Crippen molar-refractivity contribution in [2.24, 2.45) is 0 Å². The average molecular weight is 309 g/mol. The van der Waals surface area contributed by atoms with E-state index in [0.717, 1.165) is 36.8 Å². The van der Waals surface area contributed by atoms with Crippen LogP contribution >= 0.6 is 22.9 Å². The molecular weight excluding hydrogens is 288 g/mol. The summed E-state index contributed by atoms with van der Waals surface area (Å²) in [4.78, 5) is 3.67. The highest BCUT2D eigenvalue weighted by atomic mass is 35.5. The van der Waals surface area contributed by atoms with Gasteiger partial charge in [0, 0.05) is 25.0 Å². The van der Waals surface area contributed by atoms with E-state index in [1.165, 1.54) is 10.4 Å². The molecule has 20 heavy (non-hydrogen) atoms. The molecular formula is C16H21ClN2S. The molecule has 0 aliphatic carbocycles. The van der Waals surface area contributed by atoms with Crippen molar-refractivity contribution in [3.8, 4) is 0 Å². The second-order valence-corrected chi connectivity index (χ2v) is 6.22. The highest BCUT2D eigenvalue weighted by Gasteiger charge is 2.11. The number of hydrogen-bond donors (Lipinski definition) is 1. The Balaban J connectivity index is 2.09. The van der Waals surface area contributed by atoms with Crippen molar-refractivity contribution in [2.45, 2.75) is 19.9 Å². The summed E-state index contributed by atoms with van der Waals surface area (Å²) in [5.41, 5.74) is 2.40. The molecule has 108 valence electrons. The van der Waals surface area contributed by atoms with Crippen molar-refractivity contribution in [2.75, 3.05) is 25.0 Å². The fourth-order valence-electron chi connectivity index (χ4n) is 2.23. The molecule has 0 atom stereocenters. The van der Waals surface area contributed by atoms with Crippen molar-refractivity contribution < 1.29 is 0 Å². The van der Waals surface area contributed by atoms with Gasteiger partial charge >= 0.3 is 0 Å². The average Bonchev–Trinajstić information content (AvgIpc) is 2.96. The van der Waals surface area contributed by atoms with Crippen LogP contribution in [0.2, 0.25) is 5.02 Å². The van der Waals surface area contributed by atoms with Gasteiger partial charge in [-0.1, -0.05) is 36.7 Å². The molecule has 0 radical (unpaired) electrons. The van der Waals surface area contributed by atoms with Crippen molar-refractivity contribution in [3.63, 3.8) is 0 Å². The fourth-order valence-corrected chi connectivity index (χ4v) is 3.27. The molecule has 2 nitrogen and oxygen atoms in total. The number of halogens is 1. The predicted molar refractivity (Wildman–Crippen MR) is 90.1 cm³/mol. The van der Waals surface area contributed by atoms with Crippen molar-refractivity contribution in [1.29, 1.82) is 0 Å². The Kier molecular flexibility index (Phi) is 5.89. The summed E-state index contributed by atoms with van der Waals surface area (Å²) < 4.78 is 0. The second kappa shape index (κ2) is 7.67. The number of likely N-dealkylation sites (N-methyl/N-ethyl adjacent to an activating group) is 1. The number of nitrogens with one attached hydrogen (secondary N) is 1. The van der Waals surface area contributed by atoms with E-state index in [2.05, 4.69) is 47.8 Å². The molecule has 2 rings (SSSR count). The summed E-state index contributed by atoms with van der Waals surface area (Å²) in [6.07, 6.45) is 1.06. The molecule has 0 fully saturated rings. The van der Waals surface area contributed by atoms with Crippen molar-refractivity contribution in [1.82, 2.24) is 5.32 Å². The van der Waals surface area contributed by atoms with Gasteiger partial charge in [-0.2, -0.15) is 0 Å². The lowest BCUT2D eigenvalue weighted by Gasteiger charge is -2.24. The molecule has 0 amide bonds. The first-order valence-electron chi connectivity index (χ1n) is 6.94. The van der Waals surface area contributed by atoms with Crippen LogP contribution in [0.5, 0.6) is 0 Å². The van der Waals surface area contributed by atoms with Crippen LogP contribution in [0.3, 0.4) is 0 Å². The van der Waals surface area contributed by atoms with Crippen LogP contribution in [0.4, 0.5) is 5.69 Å². The Morgan fingerprint density at radius 3 is 2.80 bits per heavy atom. The third kappa shape index (κ3) is 3.98. The van der Waals surface area contributed by atoms with Gasteiger partial charge in [-0.05, 0) is 36.0 Å². The lowest BCUT2D eigenvalue weighted by atomic mass is 10.1. The fraction of sp³-hybridized carbons (Fsp3) is 0.375. The minimum Gasteiger partial charge on any atom is -0.373 e. The maximum Gasteiger partial charge on any atom is 0.0642 e. The molecule has 1 aromatic carbocycles. The molecule has 0 aliphatic rings. The highest BCUT2D eigenvalue weighted by Crippen LogP contribution is 2.29. The smallest absolute Gasteiger partial charge is 0.0642 e. The van der Waals surface area contributed by atoms with Gasteiger partial charge in [-0.25, -0.2) is 0 Å². The molecule has 0 saturated carbocycles. The summed E-state index contributed by atoms with van der Waals surface area (Å²) in [5.74, 6) is 0. The number of benzene rings is 1. The maximum absolute atomic E-state index is 6.40. The van der Waals surface area contributed by atoms with E-state index in [1.54, 1.807) is 0 Å². The number of nitrogens with zero attached hydrogens (tertiary/aromatic N) is 1. The number of hydrogen-bond acceptors (Lipinski definition) is 3. The van der Waals surface area contributed by atoms with E-state index in [0.29, 0.717) is 0 Å². The molecule has 1 heterocycles. The first kappa shape index (κ1) is 15.4. The minimum atomic E-state index is 0.828. The van der Waals surface area contributed by atoms with Crippen LogP contribution in [0.15, 0.2) is 35.7 Å². The predicted octanol–water partition coefficient (Wildman–Crippen LogP) is 4.19. The molecule has 1 aromatic heterocycles. The van der Waals surface area contributed by atoms with Crippen LogP contribution in [0.1, 0.15) is 17.4 Å². The summed E-state index contributed by atoms with van der Waals surface area (Å²) in [5, 5.41) is 6.33. The van der Waals surface area contributed by atoms with Crippen LogP contribution in [-0.2, 0) is 13.0 Å². The number of para-hydroxylation sites is 1. The van der Waals surface area contributed by atoms with Crippen molar-refractivity contribution >= 4 is 28.6 Å². The Hall–Kier alpha value is -1.03. The van der Waals surface area contributed by atoms with Gasteiger partial charge in [0.2, 0.25) is 0 Å². The number of rotatable bonds is 7. The lowest BCUT2D eigenvalue weighted by Crippen LogP contribution is -2.23. The molecule has 0 bridgehead atoms. The molecule has 1 N–H and O–H groups in total. The zero-order chi connectivity index (χ0) is 14.4. The Labute approximate surface area is 130 Å². The molecule has 2 aromatic rings. The molecule has 4 heteroatoms. The highest BCUT2D eigenvalue weighted by molar-refractivity contribution is 7.09. The number of thiophene rings is 1. The standard InChI is InChI=1S/C16H21ClN2S/c1-3-18-12-13-6-4-8-15(17)16(13)19(2)10-9-14-7-5-11-20-14/h4-8,11,18H,3,9-10,12H2,1-2H3. The first-order valence-corrected chi connectivity index (χ1v) is 8.19. The third-order valence-electron chi connectivity index (χ3n) is 3.29. The Morgan fingerprint density at radius 1 is 1.25 bits per heavy atom. The topological polar surface area (TPSA) is 15.3 Å². The van der Waals surface area contributed by atoms with E-state index in [4.69, 9.17) is 11.6 Å². The minimum absolute atomic E-state index is 0.828. The van der Waals surface area contributed by atoms with Gasteiger partial charge in [0.1, 0.15) is 0 Å².